The fourth-order valence-electron chi connectivity index (χ4n) is 2.34. The lowest BCUT2D eigenvalue weighted by atomic mass is 10.1. The molecule has 5 nitrogen and oxygen atoms in total. The van der Waals surface area contributed by atoms with E-state index in [1.54, 1.807) is 0 Å². The van der Waals surface area contributed by atoms with Crippen molar-refractivity contribution in [3.63, 3.8) is 0 Å². The molecule has 3 rings (SSSR count). The van der Waals surface area contributed by atoms with Gasteiger partial charge in [-0.25, -0.2) is 0 Å². The average Bonchev–Trinajstić information content (AvgIpc) is 3.19. The van der Waals surface area contributed by atoms with Crippen LogP contribution in [0.3, 0.4) is 0 Å². The van der Waals surface area contributed by atoms with Crippen LogP contribution in [0, 0.1) is 0 Å². The Bertz CT molecular complexity index is 576. The van der Waals surface area contributed by atoms with E-state index in [1.165, 1.54) is 0 Å². The Hall–Kier alpha value is -1.88. The highest BCUT2D eigenvalue weighted by atomic mass is 16.5. The summed E-state index contributed by atoms with van der Waals surface area (Å²) in [6.45, 7) is 4.28. The van der Waals surface area contributed by atoms with Gasteiger partial charge in [-0.1, -0.05) is 30.6 Å². The Balaban J connectivity index is 1.79. The van der Waals surface area contributed by atoms with Crippen LogP contribution in [0.25, 0.3) is 11.5 Å². The maximum absolute atomic E-state index is 5.81. The SMILES string of the molecule is CCCCOc1ccccc1-c1nc(C2CCOC2)no1. The van der Waals surface area contributed by atoms with Gasteiger partial charge in [-0.15, -0.1) is 0 Å². The van der Waals surface area contributed by atoms with Gasteiger partial charge in [0, 0.05) is 12.5 Å². The van der Waals surface area contributed by atoms with E-state index in [-0.39, 0.29) is 5.92 Å². The van der Waals surface area contributed by atoms with Gasteiger partial charge < -0.3 is 14.0 Å². The quantitative estimate of drug-likeness (QED) is 0.762. The molecule has 0 spiro atoms. The van der Waals surface area contributed by atoms with Gasteiger partial charge in [0.1, 0.15) is 5.75 Å². The molecule has 1 aromatic carbocycles. The van der Waals surface area contributed by atoms with E-state index in [0.29, 0.717) is 19.1 Å². The molecule has 2 heterocycles. The number of hydrogen-bond donors (Lipinski definition) is 0. The van der Waals surface area contributed by atoms with Crippen LogP contribution in [0.4, 0.5) is 0 Å². The van der Waals surface area contributed by atoms with Crippen molar-refractivity contribution in [2.45, 2.75) is 32.1 Å². The third kappa shape index (κ3) is 3.24. The summed E-state index contributed by atoms with van der Waals surface area (Å²) >= 11 is 0. The fraction of sp³-hybridized carbons (Fsp3) is 0.500. The number of benzene rings is 1. The largest absolute Gasteiger partial charge is 0.493 e. The van der Waals surface area contributed by atoms with Crippen LogP contribution in [-0.2, 0) is 4.74 Å². The van der Waals surface area contributed by atoms with Crippen molar-refractivity contribution < 1.29 is 14.0 Å². The molecule has 21 heavy (non-hydrogen) atoms. The molecule has 2 aromatic rings. The van der Waals surface area contributed by atoms with Crippen LogP contribution < -0.4 is 4.74 Å². The van der Waals surface area contributed by atoms with Gasteiger partial charge in [0.2, 0.25) is 0 Å². The van der Waals surface area contributed by atoms with E-state index < -0.39 is 0 Å². The highest BCUT2D eigenvalue weighted by molar-refractivity contribution is 5.62. The first-order valence-corrected chi connectivity index (χ1v) is 7.52. The second-order valence-electron chi connectivity index (χ2n) is 5.22. The highest BCUT2D eigenvalue weighted by Gasteiger charge is 2.24. The van der Waals surface area contributed by atoms with Crippen LogP contribution in [-0.4, -0.2) is 30.0 Å². The van der Waals surface area contributed by atoms with Crippen molar-refractivity contribution in [2.75, 3.05) is 19.8 Å². The summed E-state index contributed by atoms with van der Waals surface area (Å²) in [5.41, 5.74) is 0.853. The summed E-state index contributed by atoms with van der Waals surface area (Å²) in [5.74, 6) is 2.29. The first-order valence-electron chi connectivity index (χ1n) is 7.52. The predicted molar refractivity (Wildman–Crippen MR) is 78.3 cm³/mol. The van der Waals surface area contributed by atoms with Crippen molar-refractivity contribution in [2.24, 2.45) is 0 Å². The molecule has 1 saturated heterocycles. The molecule has 0 radical (unpaired) electrons. The van der Waals surface area contributed by atoms with E-state index in [2.05, 4.69) is 17.1 Å². The standard InChI is InChI=1S/C16H20N2O3/c1-2-3-9-20-14-7-5-4-6-13(14)16-17-15(18-21-16)12-8-10-19-11-12/h4-7,12H,2-3,8-11H2,1H3. The van der Waals surface area contributed by atoms with Gasteiger partial charge >= 0.3 is 0 Å². The number of rotatable bonds is 6. The van der Waals surface area contributed by atoms with E-state index in [0.717, 1.165) is 43.0 Å². The summed E-state index contributed by atoms with van der Waals surface area (Å²) in [4.78, 5) is 4.51. The number of hydrogen-bond acceptors (Lipinski definition) is 5. The zero-order valence-corrected chi connectivity index (χ0v) is 12.2. The van der Waals surface area contributed by atoms with E-state index in [1.807, 2.05) is 24.3 Å². The van der Waals surface area contributed by atoms with Crippen LogP contribution in [0.1, 0.15) is 37.9 Å². The topological polar surface area (TPSA) is 57.4 Å². The molecule has 0 saturated carbocycles. The summed E-state index contributed by atoms with van der Waals surface area (Å²) in [5, 5.41) is 4.09. The monoisotopic (exact) mass is 288 g/mol. The molecule has 1 fully saturated rings. The number of nitrogens with zero attached hydrogens (tertiary/aromatic N) is 2. The predicted octanol–water partition coefficient (Wildman–Crippen LogP) is 3.42. The van der Waals surface area contributed by atoms with Crippen LogP contribution in [0.2, 0.25) is 0 Å². The van der Waals surface area contributed by atoms with Gasteiger partial charge in [0.25, 0.3) is 5.89 Å². The Morgan fingerprint density at radius 3 is 3.05 bits per heavy atom. The van der Waals surface area contributed by atoms with Crippen LogP contribution in [0.15, 0.2) is 28.8 Å². The Kier molecular flexibility index (Phi) is 4.50. The molecule has 1 aromatic heterocycles. The molecule has 1 aliphatic heterocycles. The van der Waals surface area contributed by atoms with Gasteiger partial charge in [0.15, 0.2) is 5.82 Å². The second kappa shape index (κ2) is 6.72. The zero-order valence-electron chi connectivity index (χ0n) is 12.2. The molecule has 112 valence electrons. The third-order valence-electron chi connectivity index (χ3n) is 3.61. The summed E-state index contributed by atoms with van der Waals surface area (Å²) in [7, 11) is 0. The van der Waals surface area contributed by atoms with E-state index >= 15 is 0 Å². The minimum atomic E-state index is 0.246. The Labute approximate surface area is 124 Å². The molecule has 0 N–H and O–H groups in total. The minimum Gasteiger partial charge on any atom is -0.493 e. The van der Waals surface area contributed by atoms with Crippen molar-refractivity contribution in [1.82, 2.24) is 10.1 Å². The maximum atomic E-state index is 5.81. The molecule has 0 aliphatic carbocycles. The number of para-hydroxylation sites is 1. The third-order valence-corrected chi connectivity index (χ3v) is 3.61. The molecule has 0 amide bonds. The van der Waals surface area contributed by atoms with Crippen LogP contribution in [0.5, 0.6) is 5.75 Å². The number of ether oxygens (including phenoxy) is 2. The van der Waals surface area contributed by atoms with E-state index in [4.69, 9.17) is 14.0 Å². The lowest BCUT2D eigenvalue weighted by molar-refractivity contribution is 0.192. The summed E-state index contributed by atoms with van der Waals surface area (Å²) < 4.78 is 16.6. The molecular weight excluding hydrogens is 268 g/mol. The summed E-state index contributed by atoms with van der Waals surface area (Å²) in [6.07, 6.45) is 3.09. The van der Waals surface area contributed by atoms with Crippen molar-refractivity contribution in [3.8, 4) is 17.2 Å². The maximum Gasteiger partial charge on any atom is 0.261 e. The van der Waals surface area contributed by atoms with Gasteiger partial charge in [-0.05, 0) is 25.0 Å². The Morgan fingerprint density at radius 2 is 2.24 bits per heavy atom. The van der Waals surface area contributed by atoms with Crippen molar-refractivity contribution >= 4 is 0 Å². The number of aromatic nitrogens is 2. The average molecular weight is 288 g/mol. The lowest BCUT2D eigenvalue weighted by Gasteiger charge is -2.08. The summed E-state index contributed by atoms with van der Waals surface area (Å²) in [6, 6.07) is 7.79. The number of unbranched alkanes of at least 4 members (excludes halogenated alkanes) is 1. The van der Waals surface area contributed by atoms with Crippen molar-refractivity contribution in [1.29, 1.82) is 0 Å². The smallest absolute Gasteiger partial charge is 0.261 e. The first-order chi connectivity index (χ1) is 10.4. The minimum absolute atomic E-state index is 0.246. The Morgan fingerprint density at radius 1 is 1.33 bits per heavy atom. The highest BCUT2D eigenvalue weighted by Crippen LogP contribution is 2.31. The molecular formula is C16H20N2O3. The fourth-order valence-corrected chi connectivity index (χ4v) is 2.34. The molecule has 5 heteroatoms. The van der Waals surface area contributed by atoms with Gasteiger partial charge in [0.05, 0.1) is 18.8 Å². The van der Waals surface area contributed by atoms with Crippen molar-refractivity contribution in [3.05, 3.63) is 30.1 Å². The zero-order chi connectivity index (χ0) is 14.5. The molecule has 0 bridgehead atoms. The van der Waals surface area contributed by atoms with Gasteiger partial charge in [-0.2, -0.15) is 4.98 Å². The molecule has 1 unspecified atom stereocenters. The first kappa shape index (κ1) is 14.1. The molecule has 1 atom stereocenters. The lowest BCUT2D eigenvalue weighted by Crippen LogP contribution is -2.00. The van der Waals surface area contributed by atoms with E-state index in [9.17, 15) is 0 Å². The van der Waals surface area contributed by atoms with Gasteiger partial charge in [-0.3, -0.25) is 0 Å². The normalized spacial score (nSPS) is 18.0. The second-order valence-corrected chi connectivity index (χ2v) is 5.22. The molecule has 1 aliphatic rings. The van der Waals surface area contributed by atoms with Crippen LogP contribution >= 0.6 is 0 Å².